The Hall–Kier alpha value is -4.01. The lowest BCUT2D eigenvalue weighted by molar-refractivity contribution is -0.115. The van der Waals surface area contributed by atoms with Crippen molar-refractivity contribution < 1.29 is 13.6 Å². The van der Waals surface area contributed by atoms with Crippen LogP contribution in [-0.2, 0) is 17.1 Å². The number of hydrogen-bond donors (Lipinski definition) is 2. The van der Waals surface area contributed by atoms with E-state index >= 15 is 0 Å². The molecular formula is C25H26F2N6O. The number of hydrogen-bond acceptors (Lipinski definition) is 6. The van der Waals surface area contributed by atoms with Crippen LogP contribution in [0.4, 0.5) is 20.5 Å². The van der Waals surface area contributed by atoms with Crippen molar-refractivity contribution >= 4 is 23.9 Å². The molecule has 2 heterocycles. The largest absolute Gasteiger partial charge is 0.323 e. The smallest absolute Gasteiger partial charge is 0.272 e. The first-order chi connectivity index (χ1) is 16.3. The fraction of sp³-hybridized carbons (Fsp3) is 0.240. The molecule has 1 aromatic carbocycles. The summed E-state index contributed by atoms with van der Waals surface area (Å²) in [6.07, 6.45) is 9.19. The van der Waals surface area contributed by atoms with Crippen LogP contribution in [0.2, 0.25) is 0 Å². The molecule has 0 radical (unpaired) electrons. The van der Waals surface area contributed by atoms with Crippen molar-refractivity contribution in [2.75, 3.05) is 17.7 Å². The second kappa shape index (κ2) is 11.2. The average molecular weight is 465 g/mol. The van der Waals surface area contributed by atoms with Crippen molar-refractivity contribution in [1.82, 2.24) is 15.0 Å². The lowest BCUT2D eigenvalue weighted by atomic mass is 10.1. The quantitative estimate of drug-likeness (QED) is 0.423. The first-order valence-corrected chi connectivity index (χ1v) is 10.7. The van der Waals surface area contributed by atoms with Gasteiger partial charge in [-0.1, -0.05) is 37.3 Å². The first-order valence-electron chi connectivity index (χ1n) is 10.7. The molecule has 0 fully saturated rings. The molecule has 0 spiro atoms. The molecule has 0 aliphatic rings. The first kappa shape index (κ1) is 24.6. The summed E-state index contributed by atoms with van der Waals surface area (Å²) in [5, 5.41) is 5.74. The molecule has 0 saturated carbocycles. The van der Waals surface area contributed by atoms with Gasteiger partial charge in [-0.2, -0.15) is 0 Å². The molecule has 0 atom stereocenters. The zero-order valence-corrected chi connectivity index (χ0v) is 19.2. The molecule has 2 aromatic heterocycles. The molecule has 0 saturated heterocycles. The molecule has 9 heteroatoms. The lowest BCUT2D eigenvalue weighted by Crippen LogP contribution is -2.16. The highest BCUT2D eigenvalue weighted by molar-refractivity contribution is 5.91. The molecule has 0 unspecified atom stereocenters. The highest BCUT2D eigenvalue weighted by Crippen LogP contribution is 2.26. The molecule has 34 heavy (non-hydrogen) atoms. The minimum absolute atomic E-state index is 0.124. The summed E-state index contributed by atoms with van der Waals surface area (Å²) >= 11 is 0. The molecule has 0 aliphatic heterocycles. The van der Waals surface area contributed by atoms with Crippen LogP contribution in [0, 0.1) is 0 Å². The summed E-state index contributed by atoms with van der Waals surface area (Å²) in [6, 6.07) is 10.1. The van der Waals surface area contributed by atoms with Crippen LogP contribution < -0.4 is 10.6 Å². The second-order valence-electron chi connectivity index (χ2n) is 7.62. The van der Waals surface area contributed by atoms with Crippen LogP contribution in [0.15, 0.2) is 71.8 Å². The van der Waals surface area contributed by atoms with Crippen molar-refractivity contribution in [1.29, 1.82) is 0 Å². The number of benzene rings is 1. The van der Waals surface area contributed by atoms with Crippen molar-refractivity contribution in [3.05, 3.63) is 77.9 Å². The predicted molar refractivity (Wildman–Crippen MR) is 130 cm³/mol. The van der Waals surface area contributed by atoms with E-state index < -0.39 is 5.92 Å². The van der Waals surface area contributed by atoms with E-state index in [2.05, 4.69) is 30.6 Å². The fourth-order valence-corrected chi connectivity index (χ4v) is 3.08. The van der Waals surface area contributed by atoms with E-state index in [-0.39, 0.29) is 23.7 Å². The standard InChI is InChI=1S/C25H26F2N6O/c1-4-5-21(16-28-3)32-24-30-13-19(14-31-24)18-8-6-17(7-9-18)12-23(34)33-22-11-10-20(15-29-22)25(2,26)27/h5-11,13-16H,4,12H2,1-3H3,(H,29,33,34)(H,30,31,32)/b21-5+,28-16?. The zero-order valence-electron chi connectivity index (χ0n) is 19.2. The molecule has 3 aromatic rings. The van der Waals surface area contributed by atoms with Gasteiger partial charge in [0.1, 0.15) is 5.82 Å². The second-order valence-corrected chi connectivity index (χ2v) is 7.62. The Kier molecular flexibility index (Phi) is 8.13. The number of carbonyl (C=O) groups excluding carboxylic acids is 1. The van der Waals surface area contributed by atoms with Crippen LogP contribution in [-0.4, -0.2) is 34.1 Å². The molecule has 176 valence electrons. The van der Waals surface area contributed by atoms with E-state index in [4.69, 9.17) is 0 Å². The fourth-order valence-electron chi connectivity index (χ4n) is 3.08. The molecule has 3 rings (SSSR count). The third-order valence-electron chi connectivity index (χ3n) is 4.79. The summed E-state index contributed by atoms with van der Waals surface area (Å²) in [7, 11) is 1.70. The molecule has 0 aliphatic carbocycles. The maximum absolute atomic E-state index is 13.3. The molecular weight excluding hydrogens is 438 g/mol. The van der Waals surface area contributed by atoms with Gasteiger partial charge in [0.15, 0.2) is 0 Å². The summed E-state index contributed by atoms with van der Waals surface area (Å²) in [4.78, 5) is 28.9. The number of allylic oxidation sites excluding steroid dienone is 2. The number of carbonyl (C=O) groups is 1. The highest BCUT2D eigenvalue weighted by Gasteiger charge is 2.24. The van der Waals surface area contributed by atoms with Gasteiger partial charge in [-0.15, -0.1) is 0 Å². The molecule has 7 nitrogen and oxygen atoms in total. The van der Waals surface area contributed by atoms with E-state index in [1.807, 2.05) is 37.3 Å². The maximum atomic E-state index is 13.3. The number of alkyl halides is 2. The predicted octanol–water partition coefficient (Wildman–Crippen LogP) is 5.24. The number of aromatic nitrogens is 3. The Bertz CT molecular complexity index is 1150. The Morgan fingerprint density at radius 2 is 1.71 bits per heavy atom. The SMILES string of the molecule is CC/C=C(\C=NC)Nc1ncc(-c2ccc(CC(=O)Nc3ccc(C(C)(F)F)cn3)cc2)cn1. The van der Waals surface area contributed by atoms with Gasteiger partial charge in [0.25, 0.3) is 5.92 Å². The minimum Gasteiger partial charge on any atom is -0.323 e. The van der Waals surface area contributed by atoms with Gasteiger partial charge in [-0.3, -0.25) is 9.79 Å². The Morgan fingerprint density at radius 1 is 1.00 bits per heavy atom. The number of amides is 1. The van der Waals surface area contributed by atoms with Gasteiger partial charge < -0.3 is 10.6 Å². The van der Waals surface area contributed by atoms with Crippen molar-refractivity contribution in [3.8, 4) is 11.1 Å². The number of pyridine rings is 1. The number of aliphatic imine (C=N–C) groups is 1. The van der Waals surface area contributed by atoms with E-state index in [0.29, 0.717) is 5.95 Å². The molecule has 2 N–H and O–H groups in total. The van der Waals surface area contributed by atoms with Crippen LogP contribution in [0.5, 0.6) is 0 Å². The summed E-state index contributed by atoms with van der Waals surface area (Å²) in [5.74, 6) is -2.57. The number of halogens is 2. The Balaban J connectivity index is 1.59. The number of anilines is 2. The molecule has 0 bridgehead atoms. The average Bonchev–Trinajstić information content (AvgIpc) is 2.80. The summed E-state index contributed by atoms with van der Waals surface area (Å²) in [5.41, 5.74) is 3.17. The van der Waals surface area contributed by atoms with Crippen LogP contribution in [0.1, 0.15) is 31.4 Å². The third kappa shape index (κ3) is 6.99. The van der Waals surface area contributed by atoms with Gasteiger partial charge >= 0.3 is 0 Å². The summed E-state index contributed by atoms with van der Waals surface area (Å²) in [6.45, 7) is 2.83. The van der Waals surface area contributed by atoms with Crippen molar-refractivity contribution in [2.24, 2.45) is 4.99 Å². The van der Waals surface area contributed by atoms with E-state index in [9.17, 15) is 13.6 Å². The van der Waals surface area contributed by atoms with Crippen molar-refractivity contribution in [2.45, 2.75) is 32.6 Å². The normalized spacial score (nSPS) is 12.1. The Morgan fingerprint density at radius 3 is 2.26 bits per heavy atom. The van der Waals surface area contributed by atoms with E-state index in [1.54, 1.807) is 25.7 Å². The zero-order chi connectivity index (χ0) is 24.6. The number of nitrogens with one attached hydrogen (secondary N) is 2. The van der Waals surface area contributed by atoms with Gasteiger partial charge in [0, 0.05) is 49.9 Å². The topological polar surface area (TPSA) is 92.2 Å². The van der Waals surface area contributed by atoms with Crippen molar-refractivity contribution in [3.63, 3.8) is 0 Å². The highest BCUT2D eigenvalue weighted by atomic mass is 19.3. The number of nitrogens with zero attached hydrogens (tertiary/aromatic N) is 4. The van der Waals surface area contributed by atoms with Gasteiger partial charge in [0.05, 0.1) is 12.1 Å². The third-order valence-corrected chi connectivity index (χ3v) is 4.79. The lowest BCUT2D eigenvalue weighted by Gasteiger charge is -2.11. The van der Waals surface area contributed by atoms with E-state index in [1.165, 1.54) is 12.1 Å². The van der Waals surface area contributed by atoms with Crippen LogP contribution in [0.3, 0.4) is 0 Å². The van der Waals surface area contributed by atoms with Gasteiger partial charge in [0.2, 0.25) is 11.9 Å². The van der Waals surface area contributed by atoms with Gasteiger partial charge in [-0.05, 0) is 29.7 Å². The van der Waals surface area contributed by atoms with Crippen LogP contribution >= 0.6 is 0 Å². The molecule has 1 amide bonds. The van der Waals surface area contributed by atoms with Crippen LogP contribution in [0.25, 0.3) is 11.1 Å². The number of rotatable bonds is 9. The minimum atomic E-state index is -2.97. The van der Waals surface area contributed by atoms with Gasteiger partial charge in [-0.25, -0.2) is 23.7 Å². The Labute approximate surface area is 197 Å². The monoisotopic (exact) mass is 464 g/mol. The summed E-state index contributed by atoms with van der Waals surface area (Å²) < 4.78 is 26.5. The maximum Gasteiger partial charge on any atom is 0.272 e. The van der Waals surface area contributed by atoms with E-state index in [0.717, 1.165) is 41.9 Å².